The van der Waals surface area contributed by atoms with Crippen LogP contribution in [0.4, 0.5) is 0 Å². The van der Waals surface area contributed by atoms with Gasteiger partial charge in [-0.15, -0.1) is 17.9 Å². The molecule has 3 aromatic rings. The highest BCUT2D eigenvalue weighted by molar-refractivity contribution is 7.99. The standard InChI is InChI=1S/C26H29N3O2S2/c1-2-13-29-25(31)23-20-9-6-10-21(20)33-24(23)27-26(29)32-17-22(30)28-14-11-19(12-15-28)16-18-7-4-3-5-8-18/h2-5,7-8,19H,1,6,9-17H2. The van der Waals surface area contributed by atoms with Crippen LogP contribution in [-0.2, 0) is 30.6 Å². The number of carbonyl (C=O) groups excluding carboxylic acids is 1. The van der Waals surface area contributed by atoms with Crippen molar-refractivity contribution in [2.24, 2.45) is 5.92 Å². The molecule has 5 nitrogen and oxygen atoms in total. The Morgan fingerprint density at radius 2 is 2.00 bits per heavy atom. The largest absolute Gasteiger partial charge is 0.342 e. The Morgan fingerprint density at radius 3 is 2.76 bits per heavy atom. The van der Waals surface area contributed by atoms with Gasteiger partial charge in [-0.25, -0.2) is 4.98 Å². The van der Waals surface area contributed by atoms with Crippen LogP contribution in [0.1, 0.15) is 35.3 Å². The third-order valence-electron chi connectivity index (χ3n) is 6.76. The zero-order valence-corrected chi connectivity index (χ0v) is 20.4. The van der Waals surface area contributed by atoms with Crippen LogP contribution in [0.3, 0.4) is 0 Å². The maximum Gasteiger partial charge on any atom is 0.263 e. The Morgan fingerprint density at radius 1 is 1.21 bits per heavy atom. The predicted octanol–water partition coefficient (Wildman–Crippen LogP) is 4.71. The maximum absolute atomic E-state index is 13.3. The molecule has 0 unspecified atom stereocenters. The number of amides is 1. The fourth-order valence-electron chi connectivity index (χ4n) is 5.01. The number of piperidine rings is 1. The van der Waals surface area contributed by atoms with Crippen molar-refractivity contribution < 1.29 is 4.79 Å². The van der Waals surface area contributed by atoms with E-state index in [9.17, 15) is 9.59 Å². The summed E-state index contributed by atoms with van der Waals surface area (Å²) >= 11 is 3.03. The second kappa shape index (κ2) is 9.85. The van der Waals surface area contributed by atoms with E-state index in [4.69, 9.17) is 4.98 Å². The van der Waals surface area contributed by atoms with E-state index < -0.39 is 0 Å². The van der Waals surface area contributed by atoms with Crippen LogP contribution in [-0.4, -0.2) is 39.2 Å². The number of aryl methyl sites for hydroxylation is 2. The monoisotopic (exact) mass is 479 g/mol. The highest BCUT2D eigenvalue weighted by atomic mass is 32.2. The summed E-state index contributed by atoms with van der Waals surface area (Å²) in [5.74, 6) is 1.07. The van der Waals surface area contributed by atoms with E-state index in [0.717, 1.165) is 61.8 Å². The number of thioether (sulfide) groups is 1. The molecule has 33 heavy (non-hydrogen) atoms. The molecule has 0 spiro atoms. The van der Waals surface area contributed by atoms with E-state index in [2.05, 4.69) is 36.9 Å². The summed E-state index contributed by atoms with van der Waals surface area (Å²) in [5, 5.41) is 1.41. The lowest BCUT2D eigenvalue weighted by Crippen LogP contribution is -2.40. The van der Waals surface area contributed by atoms with Gasteiger partial charge in [0.2, 0.25) is 5.91 Å². The number of aromatic nitrogens is 2. The minimum atomic E-state index is 0.0102. The van der Waals surface area contributed by atoms with Crippen molar-refractivity contribution in [3.8, 4) is 0 Å². The summed E-state index contributed by atoms with van der Waals surface area (Å²) in [6.45, 7) is 5.84. The Bertz CT molecular complexity index is 1220. The van der Waals surface area contributed by atoms with Crippen LogP contribution in [0.5, 0.6) is 0 Å². The van der Waals surface area contributed by atoms with Crippen molar-refractivity contribution >= 4 is 39.2 Å². The number of thiophene rings is 1. The van der Waals surface area contributed by atoms with Gasteiger partial charge in [0.25, 0.3) is 5.56 Å². The quantitative estimate of drug-likeness (QED) is 0.280. The molecular weight excluding hydrogens is 450 g/mol. The van der Waals surface area contributed by atoms with E-state index in [1.807, 2.05) is 4.90 Å². The SMILES string of the molecule is C=CCn1c(SCC(=O)N2CCC(Cc3ccccc3)CC2)nc2sc3c(c2c1=O)CCC3. The topological polar surface area (TPSA) is 55.2 Å². The van der Waals surface area contributed by atoms with Crippen molar-refractivity contribution in [1.82, 2.24) is 14.5 Å². The fraction of sp³-hybridized carbons (Fsp3) is 0.423. The number of allylic oxidation sites excluding steroid dienone is 1. The van der Waals surface area contributed by atoms with E-state index in [0.29, 0.717) is 23.4 Å². The highest BCUT2D eigenvalue weighted by Gasteiger charge is 2.25. The molecule has 0 N–H and O–H groups in total. The summed E-state index contributed by atoms with van der Waals surface area (Å²) in [6.07, 6.45) is 8.01. The second-order valence-electron chi connectivity index (χ2n) is 8.94. The average Bonchev–Trinajstić information content (AvgIpc) is 3.42. The van der Waals surface area contributed by atoms with Crippen LogP contribution in [0.15, 0.2) is 52.9 Å². The molecule has 1 fully saturated rings. The molecule has 0 bridgehead atoms. The number of hydrogen-bond donors (Lipinski definition) is 0. The number of benzene rings is 1. The summed E-state index contributed by atoms with van der Waals surface area (Å²) < 4.78 is 1.69. The van der Waals surface area contributed by atoms with E-state index >= 15 is 0 Å². The van der Waals surface area contributed by atoms with E-state index in [-0.39, 0.29) is 11.5 Å². The molecule has 2 aliphatic rings. The third kappa shape index (κ3) is 4.66. The first-order valence-corrected chi connectivity index (χ1v) is 13.5. The van der Waals surface area contributed by atoms with Gasteiger partial charge in [0.05, 0.1) is 11.1 Å². The molecule has 5 rings (SSSR count). The van der Waals surface area contributed by atoms with Crippen LogP contribution < -0.4 is 5.56 Å². The smallest absolute Gasteiger partial charge is 0.263 e. The molecule has 0 saturated carbocycles. The summed E-state index contributed by atoms with van der Waals surface area (Å²) in [6, 6.07) is 10.6. The van der Waals surface area contributed by atoms with Crippen LogP contribution in [0, 0.1) is 5.92 Å². The predicted molar refractivity (Wildman–Crippen MR) is 136 cm³/mol. The van der Waals surface area contributed by atoms with E-state index in [1.165, 1.54) is 27.8 Å². The number of likely N-dealkylation sites (tertiary alicyclic amines) is 1. The first-order valence-electron chi connectivity index (χ1n) is 11.7. The third-order valence-corrected chi connectivity index (χ3v) is 8.91. The molecule has 0 atom stereocenters. The normalized spacial score (nSPS) is 16.3. The molecule has 0 radical (unpaired) electrons. The van der Waals surface area contributed by atoms with Gasteiger partial charge in [-0.05, 0) is 55.6 Å². The van der Waals surface area contributed by atoms with Crippen molar-refractivity contribution in [2.75, 3.05) is 18.8 Å². The summed E-state index contributed by atoms with van der Waals surface area (Å²) in [5.41, 5.74) is 2.58. The molecule has 3 heterocycles. The van der Waals surface area contributed by atoms with Gasteiger partial charge in [0.1, 0.15) is 4.83 Å². The van der Waals surface area contributed by atoms with Crippen LogP contribution >= 0.6 is 23.1 Å². The first kappa shape index (κ1) is 22.4. The molecule has 1 saturated heterocycles. The molecule has 7 heteroatoms. The van der Waals surface area contributed by atoms with Gasteiger partial charge < -0.3 is 4.90 Å². The van der Waals surface area contributed by atoms with Crippen molar-refractivity contribution in [2.45, 2.75) is 50.2 Å². The Kier molecular flexibility index (Phi) is 6.69. The Labute approximate surface area is 202 Å². The van der Waals surface area contributed by atoms with Gasteiger partial charge in [0.15, 0.2) is 5.16 Å². The molecule has 172 valence electrons. The average molecular weight is 480 g/mol. The number of hydrogen-bond acceptors (Lipinski definition) is 5. The zero-order valence-electron chi connectivity index (χ0n) is 18.8. The lowest BCUT2D eigenvalue weighted by atomic mass is 9.90. The van der Waals surface area contributed by atoms with Crippen LogP contribution in [0.2, 0.25) is 0 Å². The van der Waals surface area contributed by atoms with E-state index in [1.54, 1.807) is 22.0 Å². The van der Waals surface area contributed by atoms with Gasteiger partial charge in [0, 0.05) is 24.5 Å². The minimum Gasteiger partial charge on any atom is -0.342 e. The van der Waals surface area contributed by atoms with Crippen molar-refractivity contribution in [3.05, 3.63) is 69.3 Å². The number of nitrogens with zero attached hydrogens (tertiary/aromatic N) is 3. The number of rotatable bonds is 7. The molecular formula is C26H29N3O2S2. The molecule has 1 aliphatic heterocycles. The van der Waals surface area contributed by atoms with Gasteiger partial charge >= 0.3 is 0 Å². The highest BCUT2D eigenvalue weighted by Crippen LogP contribution is 2.35. The molecule has 1 aliphatic carbocycles. The van der Waals surface area contributed by atoms with Gasteiger partial charge in [-0.3, -0.25) is 14.2 Å². The maximum atomic E-state index is 13.3. The minimum absolute atomic E-state index is 0.0102. The Hall–Kier alpha value is -2.38. The molecule has 1 aromatic carbocycles. The lowest BCUT2D eigenvalue weighted by Gasteiger charge is -2.32. The second-order valence-corrected chi connectivity index (χ2v) is 11.0. The number of carbonyl (C=O) groups is 1. The van der Waals surface area contributed by atoms with Gasteiger partial charge in [-0.1, -0.05) is 48.2 Å². The van der Waals surface area contributed by atoms with Crippen LogP contribution in [0.25, 0.3) is 10.2 Å². The van der Waals surface area contributed by atoms with Gasteiger partial charge in [-0.2, -0.15) is 0 Å². The lowest BCUT2D eigenvalue weighted by molar-refractivity contribution is -0.129. The fourth-order valence-corrected chi connectivity index (χ4v) is 7.22. The van der Waals surface area contributed by atoms with Crippen molar-refractivity contribution in [1.29, 1.82) is 0 Å². The summed E-state index contributed by atoms with van der Waals surface area (Å²) in [4.78, 5) is 35.1. The number of fused-ring (bicyclic) bond motifs is 3. The first-order chi connectivity index (χ1) is 16.1. The molecule has 1 amide bonds. The molecule has 2 aromatic heterocycles. The summed E-state index contributed by atoms with van der Waals surface area (Å²) in [7, 11) is 0. The zero-order chi connectivity index (χ0) is 22.8. The Balaban J connectivity index is 1.24. The van der Waals surface area contributed by atoms with Crippen molar-refractivity contribution in [3.63, 3.8) is 0 Å².